The highest BCUT2D eigenvalue weighted by atomic mass is 32.2. The van der Waals surface area contributed by atoms with Gasteiger partial charge in [-0.25, -0.2) is 9.89 Å². The van der Waals surface area contributed by atoms with Crippen LogP contribution < -0.4 is 11.4 Å². The lowest BCUT2D eigenvalue weighted by Crippen LogP contribution is -2.12. The first-order valence-electron chi connectivity index (χ1n) is 4.82. The first-order chi connectivity index (χ1) is 8.49. The van der Waals surface area contributed by atoms with E-state index in [1.807, 2.05) is 0 Å². The molecular weight excluding hydrogens is 258 g/mol. The minimum Gasteiger partial charge on any atom is -0.398 e. The summed E-state index contributed by atoms with van der Waals surface area (Å²) in [5.74, 6) is 0. The van der Waals surface area contributed by atoms with E-state index in [4.69, 9.17) is 5.73 Å². The number of nitro benzene ring substituents is 1. The third-order valence-electron chi connectivity index (χ3n) is 2.24. The van der Waals surface area contributed by atoms with E-state index in [0.717, 1.165) is 11.8 Å². The fraction of sp³-hybridized carbons (Fsp3) is 0.111. The van der Waals surface area contributed by atoms with Crippen LogP contribution >= 0.6 is 11.8 Å². The lowest BCUT2D eigenvalue weighted by molar-refractivity contribution is -0.384. The van der Waals surface area contributed by atoms with Gasteiger partial charge in [0.25, 0.3) is 5.69 Å². The van der Waals surface area contributed by atoms with Crippen molar-refractivity contribution >= 4 is 23.1 Å². The number of nitrogens with one attached hydrogen (secondary N) is 1. The molecule has 0 aliphatic carbocycles. The van der Waals surface area contributed by atoms with Gasteiger partial charge in [0.1, 0.15) is 0 Å². The number of hydrogen-bond donors (Lipinski definition) is 2. The van der Waals surface area contributed by atoms with Gasteiger partial charge < -0.3 is 5.73 Å². The number of anilines is 1. The molecule has 0 spiro atoms. The minimum atomic E-state index is -0.519. The predicted molar refractivity (Wildman–Crippen MR) is 65.5 cm³/mol. The van der Waals surface area contributed by atoms with Gasteiger partial charge in [0.2, 0.25) is 0 Å². The summed E-state index contributed by atoms with van der Waals surface area (Å²) in [5, 5.41) is 17.1. The van der Waals surface area contributed by atoms with Crippen molar-refractivity contribution in [3.63, 3.8) is 0 Å². The molecule has 94 valence electrons. The first kappa shape index (κ1) is 12.2. The van der Waals surface area contributed by atoms with E-state index in [1.54, 1.807) is 7.05 Å². The maximum atomic E-state index is 11.2. The minimum absolute atomic E-state index is 0.0761. The van der Waals surface area contributed by atoms with Crippen LogP contribution in [0.1, 0.15) is 0 Å². The van der Waals surface area contributed by atoms with Gasteiger partial charge in [0.05, 0.1) is 10.6 Å². The quantitative estimate of drug-likeness (QED) is 0.481. The van der Waals surface area contributed by atoms with Crippen molar-refractivity contribution in [1.82, 2.24) is 14.8 Å². The van der Waals surface area contributed by atoms with Crippen molar-refractivity contribution in [2.24, 2.45) is 7.05 Å². The number of aromatic amines is 1. The van der Waals surface area contributed by atoms with Crippen LogP contribution in [0.15, 0.2) is 33.0 Å². The lowest BCUT2D eigenvalue weighted by Gasteiger charge is -2.03. The maximum Gasteiger partial charge on any atom is 0.343 e. The Morgan fingerprint density at radius 2 is 2.28 bits per heavy atom. The van der Waals surface area contributed by atoms with Gasteiger partial charge in [-0.05, 0) is 17.8 Å². The van der Waals surface area contributed by atoms with Crippen LogP contribution in [0.5, 0.6) is 0 Å². The summed E-state index contributed by atoms with van der Waals surface area (Å²) in [6.07, 6.45) is 0. The average molecular weight is 267 g/mol. The molecule has 0 aliphatic heterocycles. The molecule has 1 heterocycles. The summed E-state index contributed by atoms with van der Waals surface area (Å²) in [6.45, 7) is 0. The third kappa shape index (κ3) is 2.20. The van der Waals surface area contributed by atoms with Gasteiger partial charge in [-0.2, -0.15) is 0 Å². The van der Waals surface area contributed by atoms with Gasteiger partial charge >= 0.3 is 5.69 Å². The Morgan fingerprint density at radius 1 is 1.56 bits per heavy atom. The molecule has 0 aliphatic rings. The Labute approximate surface area is 105 Å². The Bertz CT molecular complexity index is 662. The van der Waals surface area contributed by atoms with Crippen LogP contribution in [0.25, 0.3) is 0 Å². The molecule has 0 fully saturated rings. The zero-order valence-electron chi connectivity index (χ0n) is 9.28. The highest BCUT2D eigenvalue weighted by molar-refractivity contribution is 7.99. The highest BCUT2D eigenvalue weighted by Crippen LogP contribution is 2.32. The molecule has 0 bridgehead atoms. The summed E-state index contributed by atoms with van der Waals surface area (Å²) in [5.41, 5.74) is 5.57. The van der Waals surface area contributed by atoms with Gasteiger partial charge in [-0.3, -0.25) is 14.7 Å². The van der Waals surface area contributed by atoms with Crippen LogP contribution in [-0.2, 0) is 7.05 Å². The molecule has 1 aromatic heterocycles. The molecule has 2 aromatic rings. The Balaban J connectivity index is 2.33. The fourth-order valence-corrected chi connectivity index (χ4v) is 2.09. The zero-order valence-corrected chi connectivity index (χ0v) is 10.1. The van der Waals surface area contributed by atoms with E-state index >= 15 is 0 Å². The Kier molecular flexibility index (Phi) is 3.06. The molecule has 0 unspecified atom stereocenters. The number of hydrogen-bond acceptors (Lipinski definition) is 6. The van der Waals surface area contributed by atoms with Crippen molar-refractivity contribution in [2.75, 3.05) is 5.73 Å². The molecule has 8 nitrogen and oxygen atoms in total. The summed E-state index contributed by atoms with van der Waals surface area (Å²) in [7, 11) is 1.57. The number of H-pyrrole nitrogens is 1. The third-order valence-corrected chi connectivity index (χ3v) is 3.38. The second-order valence-electron chi connectivity index (χ2n) is 3.45. The molecule has 0 saturated heterocycles. The highest BCUT2D eigenvalue weighted by Gasteiger charge is 2.12. The van der Waals surface area contributed by atoms with Gasteiger partial charge in [-0.1, -0.05) is 0 Å². The smallest absolute Gasteiger partial charge is 0.343 e. The normalized spacial score (nSPS) is 10.5. The van der Waals surface area contributed by atoms with Crippen LogP contribution in [0.2, 0.25) is 0 Å². The van der Waals surface area contributed by atoms with Gasteiger partial charge in [0.15, 0.2) is 5.16 Å². The van der Waals surface area contributed by atoms with Crippen molar-refractivity contribution < 1.29 is 4.92 Å². The maximum absolute atomic E-state index is 11.2. The molecule has 0 saturated carbocycles. The SMILES string of the molecule is Cn1c(Sc2ccc([N+](=O)[O-])cc2N)n[nH]c1=O. The monoisotopic (exact) mass is 267 g/mol. The number of aromatic nitrogens is 3. The largest absolute Gasteiger partial charge is 0.398 e. The molecule has 9 heteroatoms. The first-order valence-corrected chi connectivity index (χ1v) is 5.64. The van der Waals surface area contributed by atoms with Crippen LogP contribution in [0.4, 0.5) is 11.4 Å². The van der Waals surface area contributed by atoms with E-state index in [9.17, 15) is 14.9 Å². The number of nitrogens with two attached hydrogens (primary N) is 1. The van der Waals surface area contributed by atoms with Crippen molar-refractivity contribution in [3.05, 3.63) is 38.8 Å². The number of benzene rings is 1. The van der Waals surface area contributed by atoms with Crippen molar-refractivity contribution in [3.8, 4) is 0 Å². The lowest BCUT2D eigenvalue weighted by atomic mass is 10.3. The number of nitrogens with zero attached hydrogens (tertiary/aromatic N) is 3. The molecule has 1 aromatic carbocycles. The average Bonchev–Trinajstić information content (AvgIpc) is 2.63. The standard InChI is InChI=1S/C9H9N5O3S/c1-13-8(15)11-12-9(13)18-7-3-2-5(14(16)17)4-6(7)10/h2-4H,10H2,1H3,(H,11,15). The van der Waals surface area contributed by atoms with Crippen LogP contribution in [0.3, 0.4) is 0 Å². The van der Waals surface area contributed by atoms with Gasteiger partial charge in [0, 0.05) is 24.1 Å². The van der Waals surface area contributed by atoms with E-state index in [2.05, 4.69) is 10.2 Å². The van der Waals surface area contributed by atoms with Crippen molar-refractivity contribution in [1.29, 1.82) is 0 Å². The summed E-state index contributed by atoms with van der Waals surface area (Å²) < 4.78 is 1.32. The number of nitro groups is 1. The molecule has 0 amide bonds. The van der Waals surface area contributed by atoms with E-state index < -0.39 is 4.92 Å². The molecule has 3 N–H and O–H groups in total. The second-order valence-corrected chi connectivity index (χ2v) is 4.46. The van der Waals surface area contributed by atoms with E-state index in [0.29, 0.717) is 10.1 Å². The second kappa shape index (κ2) is 4.53. The fourth-order valence-electron chi connectivity index (χ4n) is 1.26. The zero-order chi connectivity index (χ0) is 13.3. The summed E-state index contributed by atoms with van der Waals surface area (Å²) in [4.78, 5) is 21.8. The number of rotatable bonds is 3. The molecule has 18 heavy (non-hydrogen) atoms. The number of nitrogen functional groups attached to an aromatic ring is 1. The topological polar surface area (TPSA) is 120 Å². The molecule has 0 radical (unpaired) electrons. The molecular formula is C9H9N5O3S. The van der Waals surface area contributed by atoms with E-state index in [-0.39, 0.29) is 17.1 Å². The molecule has 2 rings (SSSR count). The summed E-state index contributed by atoms with van der Waals surface area (Å²) >= 11 is 1.16. The number of non-ortho nitro benzene ring substituents is 1. The summed E-state index contributed by atoms with van der Waals surface area (Å²) in [6, 6.07) is 4.15. The van der Waals surface area contributed by atoms with Crippen molar-refractivity contribution in [2.45, 2.75) is 10.1 Å². The van der Waals surface area contributed by atoms with Crippen LogP contribution in [-0.4, -0.2) is 19.7 Å². The molecule has 0 atom stereocenters. The Hall–Kier alpha value is -2.29. The van der Waals surface area contributed by atoms with Gasteiger partial charge in [-0.15, -0.1) is 5.10 Å². The Morgan fingerprint density at radius 3 is 2.78 bits per heavy atom. The van der Waals surface area contributed by atoms with E-state index in [1.165, 1.54) is 22.8 Å². The van der Waals surface area contributed by atoms with Crippen LogP contribution in [0, 0.1) is 10.1 Å². The predicted octanol–water partition coefficient (Wildman–Crippen LogP) is 0.750.